The highest BCUT2D eigenvalue weighted by Gasteiger charge is 2.15. The second kappa shape index (κ2) is 8.69. The lowest BCUT2D eigenvalue weighted by Crippen LogP contribution is -2.34. The van der Waals surface area contributed by atoms with Crippen LogP contribution in [-0.2, 0) is 16.1 Å². The molecule has 0 saturated heterocycles. The van der Waals surface area contributed by atoms with Gasteiger partial charge in [-0.15, -0.1) is 0 Å². The number of aromatic amines is 1. The molecule has 0 aliphatic carbocycles. The van der Waals surface area contributed by atoms with E-state index < -0.39 is 0 Å². The third-order valence-corrected chi connectivity index (χ3v) is 4.69. The molecule has 0 aliphatic rings. The van der Waals surface area contributed by atoms with Crippen LogP contribution in [0.4, 0.5) is 0 Å². The van der Waals surface area contributed by atoms with Gasteiger partial charge in [-0.3, -0.25) is 4.79 Å². The summed E-state index contributed by atoms with van der Waals surface area (Å²) >= 11 is 1.43. The van der Waals surface area contributed by atoms with Gasteiger partial charge in [0.25, 0.3) is 0 Å². The molecule has 5 nitrogen and oxygen atoms in total. The minimum atomic E-state index is 0.0753. The number of amides is 1. The van der Waals surface area contributed by atoms with E-state index in [4.69, 9.17) is 4.74 Å². The number of carbonyl (C=O) groups is 1. The summed E-state index contributed by atoms with van der Waals surface area (Å²) in [5.41, 5.74) is 3.01. The summed E-state index contributed by atoms with van der Waals surface area (Å²) in [7, 11) is 1.65. The van der Waals surface area contributed by atoms with Gasteiger partial charge in [0.2, 0.25) is 5.91 Å². The van der Waals surface area contributed by atoms with Crippen LogP contribution in [0.3, 0.4) is 0 Å². The standard InChI is InChI=1S/C19H21N3O2S/c1-24-12-11-22(13-15-7-3-2-4-8-15)18(23)14-25-19-20-16-9-5-6-10-17(16)21-19/h2-10H,11-14H2,1H3,(H,20,21). The van der Waals surface area contributed by atoms with Gasteiger partial charge < -0.3 is 14.6 Å². The maximum atomic E-state index is 12.6. The number of H-pyrrole nitrogens is 1. The molecule has 0 unspecified atom stereocenters. The Morgan fingerprint density at radius 3 is 2.68 bits per heavy atom. The van der Waals surface area contributed by atoms with Gasteiger partial charge in [0.15, 0.2) is 5.16 Å². The van der Waals surface area contributed by atoms with Crippen molar-refractivity contribution in [1.29, 1.82) is 0 Å². The maximum absolute atomic E-state index is 12.6. The van der Waals surface area contributed by atoms with Crippen LogP contribution in [0, 0.1) is 0 Å². The number of nitrogens with one attached hydrogen (secondary N) is 1. The zero-order chi connectivity index (χ0) is 17.5. The number of imidazole rings is 1. The molecule has 0 aliphatic heterocycles. The molecule has 0 atom stereocenters. The number of benzene rings is 2. The Morgan fingerprint density at radius 2 is 1.92 bits per heavy atom. The topological polar surface area (TPSA) is 58.2 Å². The molecule has 0 spiro atoms. The number of nitrogens with zero attached hydrogens (tertiary/aromatic N) is 2. The average molecular weight is 355 g/mol. The Balaban J connectivity index is 1.62. The molecule has 0 saturated carbocycles. The second-order valence-electron chi connectivity index (χ2n) is 5.64. The molecule has 0 fully saturated rings. The van der Waals surface area contributed by atoms with E-state index in [2.05, 4.69) is 9.97 Å². The van der Waals surface area contributed by atoms with Gasteiger partial charge in [-0.05, 0) is 17.7 Å². The van der Waals surface area contributed by atoms with Gasteiger partial charge in [-0.25, -0.2) is 4.98 Å². The normalized spacial score (nSPS) is 10.9. The predicted molar refractivity (Wildman–Crippen MR) is 101 cm³/mol. The van der Waals surface area contributed by atoms with E-state index in [0.29, 0.717) is 25.4 Å². The molecule has 6 heteroatoms. The SMILES string of the molecule is COCCN(Cc1ccccc1)C(=O)CSc1nc2ccccc2[nH]1. The van der Waals surface area contributed by atoms with Gasteiger partial charge in [0.05, 0.1) is 23.4 Å². The van der Waals surface area contributed by atoms with Crippen molar-refractivity contribution in [3.63, 3.8) is 0 Å². The lowest BCUT2D eigenvalue weighted by Gasteiger charge is -2.22. The number of aromatic nitrogens is 2. The van der Waals surface area contributed by atoms with Crippen molar-refractivity contribution >= 4 is 28.7 Å². The van der Waals surface area contributed by atoms with Crippen LogP contribution >= 0.6 is 11.8 Å². The fraction of sp³-hybridized carbons (Fsp3) is 0.263. The number of carbonyl (C=O) groups excluding carboxylic acids is 1. The number of hydrogen-bond donors (Lipinski definition) is 1. The number of hydrogen-bond acceptors (Lipinski definition) is 4. The summed E-state index contributed by atoms with van der Waals surface area (Å²) < 4.78 is 5.14. The molecule has 0 radical (unpaired) electrons. The zero-order valence-corrected chi connectivity index (χ0v) is 15.0. The van der Waals surface area contributed by atoms with Crippen molar-refractivity contribution in [3.8, 4) is 0 Å². The third-order valence-electron chi connectivity index (χ3n) is 3.83. The highest BCUT2D eigenvalue weighted by atomic mass is 32.2. The first kappa shape index (κ1) is 17.5. The fourth-order valence-corrected chi connectivity index (χ4v) is 3.30. The summed E-state index contributed by atoms with van der Waals surface area (Å²) in [6.45, 7) is 1.68. The third kappa shape index (κ3) is 4.84. The molecule has 1 N–H and O–H groups in total. The van der Waals surface area contributed by atoms with Crippen molar-refractivity contribution in [3.05, 3.63) is 60.2 Å². The highest BCUT2D eigenvalue weighted by Crippen LogP contribution is 2.19. The lowest BCUT2D eigenvalue weighted by molar-refractivity contribution is -0.129. The van der Waals surface area contributed by atoms with Gasteiger partial charge >= 0.3 is 0 Å². The van der Waals surface area contributed by atoms with E-state index in [0.717, 1.165) is 21.8 Å². The van der Waals surface area contributed by atoms with Gasteiger partial charge in [-0.2, -0.15) is 0 Å². The first-order chi connectivity index (χ1) is 12.3. The van der Waals surface area contributed by atoms with Crippen molar-refractivity contribution < 1.29 is 9.53 Å². The minimum absolute atomic E-state index is 0.0753. The molecule has 3 aromatic rings. The summed E-state index contributed by atoms with van der Waals surface area (Å²) in [4.78, 5) is 22.2. The van der Waals surface area contributed by atoms with Crippen molar-refractivity contribution in [1.82, 2.24) is 14.9 Å². The summed E-state index contributed by atoms with van der Waals surface area (Å²) in [5.74, 6) is 0.419. The Kier molecular flexibility index (Phi) is 6.09. The summed E-state index contributed by atoms with van der Waals surface area (Å²) in [6.07, 6.45) is 0. The molecule has 25 heavy (non-hydrogen) atoms. The Bertz CT molecular complexity index is 787. The van der Waals surface area contributed by atoms with Crippen LogP contribution in [-0.4, -0.2) is 46.8 Å². The van der Waals surface area contributed by atoms with Crippen LogP contribution in [0.25, 0.3) is 11.0 Å². The largest absolute Gasteiger partial charge is 0.383 e. The predicted octanol–water partition coefficient (Wildman–Crippen LogP) is 3.33. The smallest absolute Gasteiger partial charge is 0.233 e. The second-order valence-corrected chi connectivity index (χ2v) is 6.61. The van der Waals surface area contributed by atoms with Gasteiger partial charge in [-0.1, -0.05) is 54.2 Å². The molecular weight excluding hydrogens is 334 g/mol. The van der Waals surface area contributed by atoms with E-state index in [1.54, 1.807) is 7.11 Å². The van der Waals surface area contributed by atoms with E-state index in [-0.39, 0.29) is 5.91 Å². The Morgan fingerprint density at radius 1 is 1.16 bits per heavy atom. The minimum Gasteiger partial charge on any atom is -0.383 e. The molecule has 1 heterocycles. The number of methoxy groups -OCH3 is 1. The van der Waals surface area contributed by atoms with Crippen molar-refractivity contribution in [2.75, 3.05) is 26.0 Å². The van der Waals surface area contributed by atoms with E-state index in [9.17, 15) is 4.79 Å². The van der Waals surface area contributed by atoms with Gasteiger partial charge in [0, 0.05) is 20.2 Å². The molecule has 3 rings (SSSR count). The van der Waals surface area contributed by atoms with E-state index >= 15 is 0 Å². The summed E-state index contributed by atoms with van der Waals surface area (Å²) in [5, 5.41) is 0.765. The lowest BCUT2D eigenvalue weighted by atomic mass is 10.2. The van der Waals surface area contributed by atoms with Crippen molar-refractivity contribution in [2.45, 2.75) is 11.7 Å². The van der Waals surface area contributed by atoms with Crippen molar-refractivity contribution in [2.24, 2.45) is 0 Å². The number of rotatable bonds is 8. The molecular formula is C19H21N3O2S. The first-order valence-corrected chi connectivity index (χ1v) is 9.13. The molecule has 2 aromatic carbocycles. The number of para-hydroxylation sites is 2. The fourth-order valence-electron chi connectivity index (χ4n) is 2.52. The van der Waals surface area contributed by atoms with E-state index in [1.165, 1.54) is 11.8 Å². The van der Waals surface area contributed by atoms with Crippen LogP contribution in [0.5, 0.6) is 0 Å². The highest BCUT2D eigenvalue weighted by molar-refractivity contribution is 7.99. The van der Waals surface area contributed by atoms with Crippen LogP contribution in [0.15, 0.2) is 59.8 Å². The molecule has 0 bridgehead atoms. The Labute approximate surface area is 151 Å². The first-order valence-electron chi connectivity index (χ1n) is 8.14. The number of fused-ring (bicyclic) bond motifs is 1. The van der Waals surface area contributed by atoms with Gasteiger partial charge in [0.1, 0.15) is 0 Å². The maximum Gasteiger partial charge on any atom is 0.233 e. The van der Waals surface area contributed by atoms with Crippen LogP contribution < -0.4 is 0 Å². The molecule has 1 amide bonds. The summed E-state index contributed by atoms with van der Waals surface area (Å²) in [6, 6.07) is 17.9. The number of ether oxygens (including phenoxy) is 1. The van der Waals surface area contributed by atoms with E-state index in [1.807, 2.05) is 59.5 Å². The average Bonchev–Trinajstić information content (AvgIpc) is 3.07. The quantitative estimate of drug-likeness (QED) is 0.630. The monoisotopic (exact) mass is 355 g/mol. The van der Waals surface area contributed by atoms with Crippen LogP contribution in [0.2, 0.25) is 0 Å². The zero-order valence-electron chi connectivity index (χ0n) is 14.1. The van der Waals surface area contributed by atoms with Crippen LogP contribution in [0.1, 0.15) is 5.56 Å². The Hall–Kier alpha value is -2.31. The molecule has 1 aromatic heterocycles. The molecule has 130 valence electrons. The number of thioether (sulfide) groups is 1.